The summed E-state index contributed by atoms with van der Waals surface area (Å²) in [6, 6.07) is 0. The standard InChI is InChI=1S/C14H28BrNO/c1-4-5-6-7-9-13(17)16-12-14(2,3)10-8-11-15/h4-12H2,1-3H3,(H,16,17). The van der Waals surface area contributed by atoms with Crippen LogP contribution in [0.15, 0.2) is 0 Å². The Morgan fingerprint density at radius 3 is 2.47 bits per heavy atom. The Bertz CT molecular complexity index is 204. The van der Waals surface area contributed by atoms with E-state index in [0.717, 1.165) is 24.7 Å². The van der Waals surface area contributed by atoms with Gasteiger partial charge in [0, 0.05) is 18.3 Å². The highest BCUT2D eigenvalue weighted by atomic mass is 79.9. The van der Waals surface area contributed by atoms with Crippen molar-refractivity contribution >= 4 is 21.8 Å². The Morgan fingerprint density at radius 1 is 1.18 bits per heavy atom. The van der Waals surface area contributed by atoms with E-state index in [1.807, 2.05) is 0 Å². The molecule has 102 valence electrons. The molecule has 2 nitrogen and oxygen atoms in total. The highest BCUT2D eigenvalue weighted by Gasteiger charge is 2.17. The minimum Gasteiger partial charge on any atom is -0.356 e. The van der Waals surface area contributed by atoms with Crippen molar-refractivity contribution in [2.75, 3.05) is 11.9 Å². The van der Waals surface area contributed by atoms with Crippen LogP contribution in [0.2, 0.25) is 0 Å². The second kappa shape index (κ2) is 9.93. The number of amides is 1. The largest absolute Gasteiger partial charge is 0.356 e. The number of nitrogens with one attached hydrogen (secondary N) is 1. The number of carbonyl (C=O) groups excluding carboxylic acids is 1. The van der Waals surface area contributed by atoms with Gasteiger partial charge in [-0.25, -0.2) is 0 Å². The fourth-order valence-electron chi connectivity index (χ4n) is 1.77. The second-order valence-electron chi connectivity index (χ2n) is 5.54. The molecule has 0 aliphatic heterocycles. The van der Waals surface area contributed by atoms with Crippen molar-refractivity contribution in [2.24, 2.45) is 5.41 Å². The van der Waals surface area contributed by atoms with E-state index in [4.69, 9.17) is 0 Å². The van der Waals surface area contributed by atoms with Crippen LogP contribution in [-0.4, -0.2) is 17.8 Å². The fourth-order valence-corrected chi connectivity index (χ4v) is 2.05. The predicted molar refractivity (Wildman–Crippen MR) is 78.6 cm³/mol. The molecular formula is C14H28BrNO. The number of rotatable bonds is 10. The Morgan fingerprint density at radius 2 is 1.88 bits per heavy atom. The van der Waals surface area contributed by atoms with E-state index in [1.54, 1.807) is 0 Å². The van der Waals surface area contributed by atoms with Gasteiger partial charge in [0.05, 0.1) is 0 Å². The zero-order valence-corrected chi connectivity index (χ0v) is 13.2. The summed E-state index contributed by atoms with van der Waals surface area (Å²) in [5, 5.41) is 4.10. The van der Waals surface area contributed by atoms with Gasteiger partial charge in [-0.3, -0.25) is 4.79 Å². The van der Waals surface area contributed by atoms with Crippen LogP contribution in [0.1, 0.15) is 65.7 Å². The van der Waals surface area contributed by atoms with Crippen molar-refractivity contribution in [2.45, 2.75) is 65.7 Å². The summed E-state index contributed by atoms with van der Waals surface area (Å²) in [4.78, 5) is 11.6. The number of halogens is 1. The maximum Gasteiger partial charge on any atom is 0.220 e. The molecule has 1 amide bonds. The molecule has 0 saturated carbocycles. The highest BCUT2D eigenvalue weighted by molar-refractivity contribution is 9.09. The summed E-state index contributed by atoms with van der Waals surface area (Å²) in [6.07, 6.45) is 7.67. The van der Waals surface area contributed by atoms with E-state index < -0.39 is 0 Å². The summed E-state index contributed by atoms with van der Waals surface area (Å²) in [7, 11) is 0. The first kappa shape index (κ1) is 16.9. The van der Waals surface area contributed by atoms with Crippen LogP contribution in [0.5, 0.6) is 0 Å². The lowest BCUT2D eigenvalue weighted by molar-refractivity contribution is -0.121. The Kier molecular flexibility index (Phi) is 9.90. The lowest BCUT2D eigenvalue weighted by Gasteiger charge is -2.24. The minimum absolute atomic E-state index is 0.215. The topological polar surface area (TPSA) is 29.1 Å². The predicted octanol–water partition coefficient (Wildman–Crippen LogP) is 4.27. The molecule has 0 heterocycles. The van der Waals surface area contributed by atoms with Crippen molar-refractivity contribution in [3.8, 4) is 0 Å². The van der Waals surface area contributed by atoms with Gasteiger partial charge >= 0.3 is 0 Å². The number of alkyl halides is 1. The van der Waals surface area contributed by atoms with Crippen LogP contribution in [0.3, 0.4) is 0 Å². The molecule has 3 heteroatoms. The second-order valence-corrected chi connectivity index (χ2v) is 6.34. The SMILES string of the molecule is CCCCCCC(=O)NCC(C)(C)CCCBr. The van der Waals surface area contributed by atoms with Crippen LogP contribution in [0.4, 0.5) is 0 Å². The highest BCUT2D eigenvalue weighted by Crippen LogP contribution is 2.21. The van der Waals surface area contributed by atoms with Crippen LogP contribution in [-0.2, 0) is 4.79 Å². The summed E-state index contributed by atoms with van der Waals surface area (Å²) >= 11 is 3.44. The fraction of sp³-hybridized carbons (Fsp3) is 0.929. The number of hydrogen-bond acceptors (Lipinski definition) is 1. The Labute approximate surface area is 115 Å². The molecule has 0 saturated heterocycles. The van der Waals surface area contributed by atoms with Gasteiger partial charge in [0.1, 0.15) is 0 Å². The van der Waals surface area contributed by atoms with Crippen molar-refractivity contribution < 1.29 is 4.79 Å². The normalized spacial score (nSPS) is 11.5. The van der Waals surface area contributed by atoms with Gasteiger partial charge in [-0.1, -0.05) is 56.0 Å². The van der Waals surface area contributed by atoms with Crippen LogP contribution < -0.4 is 5.32 Å². The average Bonchev–Trinajstić information content (AvgIpc) is 2.30. The molecule has 0 spiro atoms. The number of unbranched alkanes of at least 4 members (excludes halogenated alkanes) is 3. The molecule has 0 aliphatic rings. The maximum absolute atomic E-state index is 11.6. The third-order valence-corrected chi connectivity index (χ3v) is 3.57. The molecule has 0 atom stereocenters. The van der Waals surface area contributed by atoms with Crippen molar-refractivity contribution in [3.63, 3.8) is 0 Å². The van der Waals surface area contributed by atoms with Gasteiger partial charge in [-0.2, -0.15) is 0 Å². The van der Waals surface area contributed by atoms with E-state index >= 15 is 0 Å². The summed E-state index contributed by atoms with van der Waals surface area (Å²) in [6.45, 7) is 7.42. The number of carbonyl (C=O) groups is 1. The minimum atomic E-state index is 0.215. The van der Waals surface area contributed by atoms with Gasteiger partial charge in [0.15, 0.2) is 0 Å². The monoisotopic (exact) mass is 305 g/mol. The quantitative estimate of drug-likeness (QED) is 0.474. The molecule has 0 bridgehead atoms. The zero-order valence-electron chi connectivity index (χ0n) is 11.7. The molecule has 0 aromatic rings. The van der Waals surface area contributed by atoms with E-state index in [1.165, 1.54) is 25.7 Å². The summed E-state index contributed by atoms with van der Waals surface area (Å²) in [5.74, 6) is 0.216. The van der Waals surface area contributed by atoms with Crippen molar-refractivity contribution in [1.29, 1.82) is 0 Å². The molecule has 0 unspecified atom stereocenters. The first-order valence-corrected chi connectivity index (χ1v) is 7.96. The lowest BCUT2D eigenvalue weighted by Crippen LogP contribution is -2.33. The van der Waals surface area contributed by atoms with Crippen molar-refractivity contribution in [3.05, 3.63) is 0 Å². The molecule has 0 aromatic carbocycles. The van der Waals surface area contributed by atoms with Gasteiger partial charge in [0.2, 0.25) is 5.91 Å². The van der Waals surface area contributed by atoms with Crippen LogP contribution in [0, 0.1) is 5.41 Å². The molecule has 17 heavy (non-hydrogen) atoms. The molecule has 0 rings (SSSR count). The van der Waals surface area contributed by atoms with E-state index in [2.05, 4.69) is 42.0 Å². The summed E-state index contributed by atoms with van der Waals surface area (Å²) < 4.78 is 0. The van der Waals surface area contributed by atoms with Gasteiger partial charge in [0.25, 0.3) is 0 Å². The number of hydrogen-bond donors (Lipinski definition) is 1. The third-order valence-electron chi connectivity index (χ3n) is 3.01. The van der Waals surface area contributed by atoms with Gasteiger partial charge in [-0.15, -0.1) is 0 Å². The molecule has 0 radical (unpaired) electrons. The van der Waals surface area contributed by atoms with Crippen LogP contribution in [0.25, 0.3) is 0 Å². The Balaban J connectivity index is 3.60. The summed E-state index contributed by atoms with van der Waals surface area (Å²) in [5.41, 5.74) is 0.215. The molecule has 0 aliphatic carbocycles. The Hall–Kier alpha value is -0.0500. The van der Waals surface area contributed by atoms with E-state index in [0.29, 0.717) is 6.42 Å². The van der Waals surface area contributed by atoms with Crippen LogP contribution >= 0.6 is 15.9 Å². The smallest absolute Gasteiger partial charge is 0.220 e. The van der Waals surface area contributed by atoms with Crippen molar-refractivity contribution in [1.82, 2.24) is 5.32 Å². The maximum atomic E-state index is 11.6. The third kappa shape index (κ3) is 10.8. The van der Waals surface area contributed by atoms with E-state index in [-0.39, 0.29) is 11.3 Å². The first-order valence-electron chi connectivity index (χ1n) is 6.84. The zero-order chi connectivity index (χ0) is 13.1. The molecular weight excluding hydrogens is 278 g/mol. The van der Waals surface area contributed by atoms with E-state index in [9.17, 15) is 4.79 Å². The molecule has 0 fully saturated rings. The first-order chi connectivity index (χ1) is 8.02. The van der Waals surface area contributed by atoms with Gasteiger partial charge in [-0.05, 0) is 24.7 Å². The van der Waals surface area contributed by atoms with Gasteiger partial charge < -0.3 is 5.32 Å². The average molecular weight is 306 g/mol. The lowest BCUT2D eigenvalue weighted by atomic mass is 9.88. The molecule has 1 N–H and O–H groups in total. The molecule has 0 aromatic heterocycles.